The van der Waals surface area contributed by atoms with Crippen LogP contribution in [0.1, 0.15) is 52.4 Å². The summed E-state index contributed by atoms with van der Waals surface area (Å²) in [5.74, 6) is 2.60. The Labute approximate surface area is 107 Å². The number of nitrogens with two attached hydrogens (primary N) is 1. The highest BCUT2D eigenvalue weighted by Gasteiger charge is 2.32. The smallest absolute Gasteiger partial charge is 0.0244 e. The minimum absolute atomic E-state index is 0.646. The largest absolute Gasteiger partial charge is 0.329 e. The minimum atomic E-state index is 0.646. The van der Waals surface area contributed by atoms with Crippen LogP contribution in [0.3, 0.4) is 0 Å². The highest BCUT2D eigenvalue weighted by Crippen LogP contribution is 2.30. The van der Waals surface area contributed by atoms with Crippen molar-refractivity contribution in [3.05, 3.63) is 0 Å². The maximum Gasteiger partial charge on any atom is 0.0244 e. The summed E-state index contributed by atoms with van der Waals surface area (Å²) in [4.78, 5) is 2.72. The van der Waals surface area contributed by atoms with Crippen molar-refractivity contribution < 1.29 is 0 Å². The van der Waals surface area contributed by atoms with Crippen LogP contribution in [0, 0.1) is 17.8 Å². The van der Waals surface area contributed by atoms with Crippen molar-refractivity contribution in [3.8, 4) is 0 Å². The molecule has 0 amide bonds. The average Bonchev–Trinajstić information content (AvgIpc) is 2.30. The Morgan fingerprint density at radius 3 is 2.47 bits per heavy atom. The Morgan fingerprint density at radius 1 is 1.12 bits per heavy atom. The lowest BCUT2D eigenvalue weighted by atomic mass is 9.82. The highest BCUT2D eigenvalue weighted by molar-refractivity contribution is 4.87. The van der Waals surface area contributed by atoms with Gasteiger partial charge in [0.25, 0.3) is 0 Å². The summed E-state index contributed by atoms with van der Waals surface area (Å²) in [5, 5.41) is 0. The van der Waals surface area contributed by atoms with Crippen LogP contribution in [-0.2, 0) is 0 Å². The number of piperidine rings is 1. The molecule has 2 nitrogen and oxygen atoms in total. The number of likely N-dealkylation sites (tertiary alicyclic amines) is 1. The molecule has 100 valence electrons. The zero-order valence-corrected chi connectivity index (χ0v) is 11.7. The van der Waals surface area contributed by atoms with Gasteiger partial charge in [-0.15, -0.1) is 0 Å². The van der Waals surface area contributed by atoms with Gasteiger partial charge in [0.15, 0.2) is 0 Å². The Kier molecular flexibility index (Phi) is 4.87. The Bertz CT molecular complexity index is 223. The second-order valence-electron chi connectivity index (χ2n) is 6.58. The van der Waals surface area contributed by atoms with E-state index in [0.29, 0.717) is 6.04 Å². The number of nitrogens with zero attached hydrogens (tertiary/aromatic N) is 1. The van der Waals surface area contributed by atoms with Crippen LogP contribution in [-0.4, -0.2) is 30.6 Å². The molecule has 2 N–H and O–H groups in total. The number of hydrogen-bond donors (Lipinski definition) is 1. The van der Waals surface area contributed by atoms with Crippen LogP contribution in [0.25, 0.3) is 0 Å². The molecular formula is C15H30N2. The second-order valence-corrected chi connectivity index (χ2v) is 6.58. The quantitative estimate of drug-likeness (QED) is 0.819. The lowest BCUT2D eigenvalue weighted by Gasteiger charge is -2.44. The van der Waals surface area contributed by atoms with E-state index in [2.05, 4.69) is 18.7 Å². The summed E-state index contributed by atoms with van der Waals surface area (Å²) in [6.07, 6.45) is 8.65. The summed E-state index contributed by atoms with van der Waals surface area (Å²) >= 11 is 0. The second kappa shape index (κ2) is 6.19. The Balaban J connectivity index is 1.91. The highest BCUT2D eigenvalue weighted by atomic mass is 15.2. The summed E-state index contributed by atoms with van der Waals surface area (Å²) in [7, 11) is 0. The van der Waals surface area contributed by atoms with Crippen LogP contribution < -0.4 is 5.73 Å². The maximum atomic E-state index is 5.99. The molecule has 2 aliphatic rings. The topological polar surface area (TPSA) is 29.3 Å². The Morgan fingerprint density at radius 2 is 1.82 bits per heavy atom. The lowest BCUT2D eigenvalue weighted by Crippen LogP contribution is -2.52. The normalized spacial score (nSPS) is 37.2. The third-order valence-corrected chi connectivity index (χ3v) is 4.91. The molecule has 1 aliphatic carbocycles. The fourth-order valence-electron chi connectivity index (χ4n) is 4.05. The van der Waals surface area contributed by atoms with Gasteiger partial charge in [-0.05, 0) is 37.0 Å². The Hall–Kier alpha value is -0.0800. The number of hydrogen-bond acceptors (Lipinski definition) is 2. The van der Waals surface area contributed by atoms with Gasteiger partial charge < -0.3 is 5.73 Å². The van der Waals surface area contributed by atoms with E-state index in [1.165, 1.54) is 51.6 Å². The standard InChI is InChI=1S/C15H30N2/c1-12-8-13(2)15(9-16)17(10-12)11-14-6-4-3-5-7-14/h12-15H,3-11,16H2,1-2H3. The van der Waals surface area contributed by atoms with Crippen molar-refractivity contribution >= 4 is 0 Å². The molecule has 0 radical (unpaired) electrons. The van der Waals surface area contributed by atoms with Gasteiger partial charge in [0, 0.05) is 25.7 Å². The first-order valence-corrected chi connectivity index (χ1v) is 7.64. The zero-order valence-electron chi connectivity index (χ0n) is 11.7. The molecule has 0 aromatic carbocycles. The van der Waals surface area contributed by atoms with Gasteiger partial charge >= 0.3 is 0 Å². The first-order chi connectivity index (χ1) is 8.20. The predicted molar refractivity (Wildman–Crippen MR) is 73.9 cm³/mol. The minimum Gasteiger partial charge on any atom is -0.329 e. The zero-order chi connectivity index (χ0) is 12.3. The molecule has 0 bridgehead atoms. The molecule has 2 rings (SSSR count). The number of rotatable bonds is 3. The summed E-state index contributed by atoms with van der Waals surface area (Å²) in [6.45, 7) is 8.23. The van der Waals surface area contributed by atoms with E-state index in [9.17, 15) is 0 Å². The average molecular weight is 238 g/mol. The summed E-state index contributed by atoms with van der Waals surface area (Å²) in [5.41, 5.74) is 5.99. The third-order valence-electron chi connectivity index (χ3n) is 4.91. The fraction of sp³-hybridized carbons (Fsp3) is 1.00. The van der Waals surface area contributed by atoms with Gasteiger partial charge in [0.1, 0.15) is 0 Å². The molecule has 3 atom stereocenters. The van der Waals surface area contributed by atoms with E-state index in [4.69, 9.17) is 5.73 Å². The fourth-order valence-corrected chi connectivity index (χ4v) is 4.05. The molecule has 2 heteroatoms. The maximum absolute atomic E-state index is 5.99. The van der Waals surface area contributed by atoms with Gasteiger partial charge in [-0.3, -0.25) is 4.90 Å². The van der Waals surface area contributed by atoms with Gasteiger partial charge in [0.05, 0.1) is 0 Å². The molecule has 1 saturated heterocycles. The molecule has 2 fully saturated rings. The van der Waals surface area contributed by atoms with Crippen LogP contribution in [0.2, 0.25) is 0 Å². The van der Waals surface area contributed by atoms with Crippen molar-refractivity contribution in [2.75, 3.05) is 19.6 Å². The molecule has 1 aliphatic heterocycles. The summed E-state index contributed by atoms with van der Waals surface area (Å²) < 4.78 is 0. The first-order valence-electron chi connectivity index (χ1n) is 7.64. The van der Waals surface area contributed by atoms with Gasteiger partial charge in [-0.1, -0.05) is 33.1 Å². The molecule has 3 unspecified atom stereocenters. The van der Waals surface area contributed by atoms with E-state index >= 15 is 0 Å². The van der Waals surface area contributed by atoms with Gasteiger partial charge in [-0.2, -0.15) is 0 Å². The van der Waals surface area contributed by atoms with Gasteiger partial charge in [0.2, 0.25) is 0 Å². The lowest BCUT2D eigenvalue weighted by molar-refractivity contribution is 0.0530. The molecule has 17 heavy (non-hydrogen) atoms. The first kappa shape index (κ1) is 13.4. The van der Waals surface area contributed by atoms with Crippen molar-refractivity contribution in [2.45, 2.75) is 58.4 Å². The van der Waals surface area contributed by atoms with Crippen molar-refractivity contribution in [3.63, 3.8) is 0 Å². The van der Waals surface area contributed by atoms with Crippen LogP contribution in [0.5, 0.6) is 0 Å². The van der Waals surface area contributed by atoms with Crippen LogP contribution in [0.15, 0.2) is 0 Å². The van der Waals surface area contributed by atoms with E-state index in [1.807, 2.05) is 0 Å². The molecule has 1 heterocycles. The van der Waals surface area contributed by atoms with Crippen molar-refractivity contribution in [2.24, 2.45) is 23.5 Å². The molecule has 0 aromatic heterocycles. The van der Waals surface area contributed by atoms with E-state index in [1.54, 1.807) is 0 Å². The third kappa shape index (κ3) is 3.45. The van der Waals surface area contributed by atoms with E-state index in [-0.39, 0.29) is 0 Å². The van der Waals surface area contributed by atoms with Crippen molar-refractivity contribution in [1.82, 2.24) is 4.90 Å². The molecule has 0 aromatic rings. The SMILES string of the molecule is CC1CC(C)C(CN)N(CC2CCCCC2)C1. The van der Waals surface area contributed by atoms with Crippen molar-refractivity contribution in [1.29, 1.82) is 0 Å². The van der Waals surface area contributed by atoms with Crippen LogP contribution >= 0.6 is 0 Å². The molecule has 0 spiro atoms. The summed E-state index contributed by atoms with van der Waals surface area (Å²) in [6, 6.07) is 0.646. The molecular weight excluding hydrogens is 208 g/mol. The predicted octanol–water partition coefficient (Wildman–Crippen LogP) is 2.87. The monoisotopic (exact) mass is 238 g/mol. The van der Waals surface area contributed by atoms with E-state index < -0.39 is 0 Å². The van der Waals surface area contributed by atoms with Crippen LogP contribution in [0.4, 0.5) is 0 Å². The van der Waals surface area contributed by atoms with Gasteiger partial charge in [-0.25, -0.2) is 0 Å². The molecule has 1 saturated carbocycles. The van der Waals surface area contributed by atoms with E-state index in [0.717, 1.165) is 24.3 Å².